The van der Waals surface area contributed by atoms with E-state index in [1.54, 1.807) is 33.5 Å². The van der Waals surface area contributed by atoms with Gasteiger partial charge < -0.3 is 4.90 Å². The summed E-state index contributed by atoms with van der Waals surface area (Å²) in [6.45, 7) is 3.82. The van der Waals surface area contributed by atoms with Gasteiger partial charge in [-0.3, -0.25) is 19.4 Å². The summed E-state index contributed by atoms with van der Waals surface area (Å²) in [7, 11) is 0. The van der Waals surface area contributed by atoms with Gasteiger partial charge in [0.15, 0.2) is 5.65 Å². The maximum atomic E-state index is 10.8. The number of benzene rings is 1. The summed E-state index contributed by atoms with van der Waals surface area (Å²) >= 11 is 17.8. The molecule has 0 N–H and O–H groups in total. The SMILES string of the molecule is O=[N+]([O-])c1ccc(N2CCN(Cn3nc4c(Cl)cc(Cl)cn4c3=S)CC2)cc1. The predicted molar refractivity (Wildman–Crippen MR) is 111 cm³/mol. The Labute approximate surface area is 175 Å². The van der Waals surface area contributed by atoms with Crippen LogP contribution in [-0.2, 0) is 6.67 Å². The highest BCUT2D eigenvalue weighted by Crippen LogP contribution is 2.23. The molecule has 11 heteroatoms. The molecule has 0 unspecified atom stereocenters. The zero-order valence-electron chi connectivity index (χ0n) is 14.7. The molecule has 0 aliphatic carbocycles. The quantitative estimate of drug-likeness (QED) is 0.349. The Balaban J connectivity index is 1.44. The lowest BCUT2D eigenvalue weighted by atomic mass is 10.2. The van der Waals surface area contributed by atoms with E-state index in [1.807, 2.05) is 0 Å². The van der Waals surface area contributed by atoms with Crippen molar-refractivity contribution in [3.63, 3.8) is 0 Å². The van der Waals surface area contributed by atoms with Crippen molar-refractivity contribution in [2.24, 2.45) is 0 Å². The number of anilines is 1. The Bertz CT molecular complexity index is 1090. The Hall–Kier alpha value is -2.20. The zero-order chi connectivity index (χ0) is 19.8. The highest BCUT2D eigenvalue weighted by atomic mass is 35.5. The Morgan fingerprint density at radius 1 is 1.14 bits per heavy atom. The first-order valence-corrected chi connectivity index (χ1v) is 9.75. The van der Waals surface area contributed by atoms with Crippen molar-refractivity contribution in [1.29, 1.82) is 0 Å². The van der Waals surface area contributed by atoms with Gasteiger partial charge in [-0.15, -0.1) is 5.10 Å². The number of hydrogen-bond acceptors (Lipinski definition) is 6. The van der Waals surface area contributed by atoms with E-state index in [4.69, 9.17) is 35.4 Å². The lowest BCUT2D eigenvalue weighted by Crippen LogP contribution is -2.46. The van der Waals surface area contributed by atoms with Crippen LogP contribution in [0.4, 0.5) is 11.4 Å². The van der Waals surface area contributed by atoms with Gasteiger partial charge in [0.1, 0.15) is 0 Å². The van der Waals surface area contributed by atoms with Crippen LogP contribution in [0, 0.1) is 14.9 Å². The van der Waals surface area contributed by atoms with Crippen molar-refractivity contribution < 1.29 is 4.92 Å². The number of rotatable bonds is 4. The van der Waals surface area contributed by atoms with Gasteiger partial charge in [0.2, 0.25) is 4.77 Å². The monoisotopic (exact) mass is 438 g/mol. The molecule has 8 nitrogen and oxygen atoms in total. The van der Waals surface area contributed by atoms with Crippen molar-refractivity contribution in [3.05, 3.63) is 61.5 Å². The first kappa shape index (κ1) is 19.1. The molecule has 0 bridgehead atoms. The third-order valence-corrected chi connectivity index (χ3v) is 5.63. The molecule has 0 atom stereocenters. The first-order valence-electron chi connectivity index (χ1n) is 8.58. The van der Waals surface area contributed by atoms with Crippen LogP contribution in [0.2, 0.25) is 10.0 Å². The molecule has 0 radical (unpaired) electrons. The van der Waals surface area contributed by atoms with Crippen molar-refractivity contribution in [3.8, 4) is 0 Å². The summed E-state index contributed by atoms with van der Waals surface area (Å²) in [5.41, 5.74) is 1.67. The van der Waals surface area contributed by atoms with Crippen LogP contribution in [0.25, 0.3) is 5.65 Å². The average Bonchev–Trinajstić information content (AvgIpc) is 2.99. The van der Waals surface area contributed by atoms with E-state index in [0.29, 0.717) is 27.1 Å². The fraction of sp³-hybridized carbons (Fsp3) is 0.294. The Morgan fingerprint density at radius 3 is 2.46 bits per heavy atom. The summed E-state index contributed by atoms with van der Waals surface area (Å²) in [6.07, 6.45) is 1.71. The summed E-state index contributed by atoms with van der Waals surface area (Å²) in [5, 5.41) is 16.3. The molecule has 0 saturated carbocycles. The number of non-ortho nitro benzene ring substituents is 1. The van der Waals surface area contributed by atoms with Gasteiger partial charge in [0.05, 0.1) is 21.6 Å². The molecule has 0 spiro atoms. The molecule has 146 valence electrons. The second-order valence-electron chi connectivity index (χ2n) is 6.50. The van der Waals surface area contributed by atoms with E-state index < -0.39 is 0 Å². The second-order valence-corrected chi connectivity index (χ2v) is 7.71. The second kappa shape index (κ2) is 7.67. The van der Waals surface area contributed by atoms with Crippen LogP contribution >= 0.6 is 35.4 Å². The summed E-state index contributed by atoms with van der Waals surface area (Å²) in [6, 6.07) is 8.29. The number of aromatic nitrogens is 3. The fourth-order valence-electron chi connectivity index (χ4n) is 3.26. The third kappa shape index (κ3) is 3.70. The third-order valence-electron chi connectivity index (χ3n) is 4.73. The summed E-state index contributed by atoms with van der Waals surface area (Å²) in [5.74, 6) is 0. The maximum absolute atomic E-state index is 10.8. The number of nitrogens with zero attached hydrogens (tertiary/aromatic N) is 6. The molecular formula is C17H16Cl2N6O2S. The number of pyridine rings is 1. The van der Waals surface area contributed by atoms with E-state index in [2.05, 4.69) is 14.9 Å². The highest BCUT2D eigenvalue weighted by Gasteiger charge is 2.19. The maximum Gasteiger partial charge on any atom is 0.269 e. The zero-order valence-corrected chi connectivity index (χ0v) is 17.0. The van der Waals surface area contributed by atoms with E-state index in [9.17, 15) is 10.1 Å². The molecule has 4 rings (SSSR count). The molecule has 2 aromatic heterocycles. The smallest absolute Gasteiger partial charge is 0.269 e. The number of nitro benzene ring substituents is 1. The molecule has 0 amide bonds. The van der Waals surface area contributed by atoms with Gasteiger partial charge in [-0.05, 0) is 30.4 Å². The van der Waals surface area contributed by atoms with Crippen LogP contribution < -0.4 is 4.90 Å². The van der Waals surface area contributed by atoms with Gasteiger partial charge >= 0.3 is 0 Å². The van der Waals surface area contributed by atoms with E-state index in [1.165, 1.54) is 12.1 Å². The minimum Gasteiger partial charge on any atom is -0.369 e. The van der Waals surface area contributed by atoms with Gasteiger partial charge in [0.25, 0.3) is 5.69 Å². The number of nitro groups is 1. The Kier molecular flexibility index (Phi) is 5.24. The molecule has 1 aromatic carbocycles. The first-order chi connectivity index (χ1) is 13.4. The van der Waals surface area contributed by atoms with E-state index >= 15 is 0 Å². The van der Waals surface area contributed by atoms with E-state index in [-0.39, 0.29) is 10.6 Å². The average molecular weight is 439 g/mol. The van der Waals surface area contributed by atoms with Gasteiger partial charge in [-0.25, -0.2) is 4.68 Å². The minimum atomic E-state index is -0.389. The number of halogens is 2. The van der Waals surface area contributed by atoms with Gasteiger partial charge in [-0.2, -0.15) is 0 Å². The molecule has 3 heterocycles. The van der Waals surface area contributed by atoms with Crippen molar-refractivity contribution in [1.82, 2.24) is 19.1 Å². The normalized spacial score (nSPS) is 15.3. The molecular weight excluding hydrogens is 423 g/mol. The molecule has 1 aliphatic rings. The van der Waals surface area contributed by atoms with Crippen molar-refractivity contribution in [2.75, 3.05) is 31.1 Å². The van der Waals surface area contributed by atoms with Crippen LogP contribution in [0.15, 0.2) is 36.5 Å². The highest BCUT2D eigenvalue weighted by molar-refractivity contribution is 7.71. The van der Waals surface area contributed by atoms with Crippen LogP contribution in [0.5, 0.6) is 0 Å². The lowest BCUT2D eigenvalue weighted by molar-refractivity contribution is -0.384. The van der Waals surface area contributed by atoms with Crippen LogP contribution in [0.1, 0.15) is 0 Å². The number of piperazine rings is 1. The molecule has 1 aliphatic heterocycles. The van der Waals surface area contributed by atoms with Crippen molar-refractivity contribution >= 4 is 52.4 Å². The Morgan fingerprint density at radius 2 is 1.82 bits per heavy atom. The molecule has 3 aromatic rings. The fourth-order valence-corrected chi connectivity index (χ4v) is 4.01. The van der Waals surface area contributed by atoms with Gasteiger partial charge in [0, 0.05) is 50.2 Å². The predicted octanol–water partition coefficient (Wildman–Crippen LogP) is 3.86. The number of hydrogen-bond donors (Lipinski definition) is 0. The molecule has 28 heavy (non-hydrogen) atoms. The van der Waals surface area contributed by atoms with E-state index in [0.717, 1.165) is 31.9 Å². The lowest BCUT2D eigenvalue weighted by Gasteiger charge is -2.35. The molecule has 1 saturated heterocycles. The topological polar surface area (TPSA) is 71.8 Å². The number of fused-ring (bicyclic) bond motifs is 1. The largest absolute Gasteiger partial charge is 0.369 e. The van der Waals surface area contributed by atoms with Crippen molar-refractivity contribution in [2.45, 2.75) is 6.67 Å². The summed E-state index contributed by atoms with van der Waals surface area (Å²) < 4.78 is 4.00. The van der Waals surface area contributed by atoms with Gasteiger partial charge in [-0.1, -0.05) is 23.2 Å². The molecule has 1 fully saturated rings. The van der Waals surface area contributed by atoms with Crippen LogP contribution in [0.3, 0.4) is 0 Å². The minimum absolute atomic E-state index is 0.0994. The summed E-state index contributed by atoms with van der Waals surface area (Å²) in [4.78, 5) is 14.9. The van der Waals surface area contributed by atoms with Crippen LogP contribution in [-0.4, -0.2) is 50.2 Å². The standard InChI is InChI=1S/C17H16Cl2N6O2S/c18-12-9-15(19)16-20-24(17(28)23(16)10-12)11-21-5-7-22(8-6-21)13-1-3-14(4-2-13)25(26)27/h1-4,9-10H,5-8,11H2.